The molecular formula is C77H67N. The fraction of sp³-hybridized carbons (Fsp3) is 0.247. The summed E-state index contributed by atoms with van der Waals surface area (Å²) < 4.78 is 2.50. The molecule has 8 aliphatic rings. The molecule has 0 saturated carbocycles. The van der Waals surface area contributed by atoms with E-state index < -0.39 is 0 Å². The van der Waals surface area contributed by atoms with Crippen LogP contribution in [0.25, 0.3) is 60.9 Å². The Labute approximate surface area is 461 Å². The van der Waals surface area contributed by atoms with Gasteiger partial charge in [0.05, 0.1) is 11.0 Å². The minimum Gasteiger partial charge on any atom is -0.309 e. The zero-order valence-electron chi connectivity index (χ0n) is 45.6. The molecule has 16 rings (SSSR count). The molecule has 5 atom stereocenters. The summed E-state index contributed by atoms with van der Waals surface area (Å²) in [5.41, 5.74) is 31.6. The molecule has 78 heavy (non-hydrogen) atoms. The maximum absolute atomic E-state index is 2.76. The third-order valence-corrected chi connectivity index (χ3v) is 20.5. The van der Waals surface area contributed by atoms with Gasteiger partial charge < -0.3 is 4.57 Å². The van der Waals surface area contributed by atoms with Gasteiger partial charge in [0, 0.05) is 33.7 Å². The lowest BCUT2D eigenvalue weighted by Gasteiger charge is -2.44. The van der Waals surface area contributed by atoms with Crippen LogP contribution < -0.4 is 0 Å². The van der Waals surface area contributed by atoms with Crippen molar-refractivity contribution in [2.45, 2.75) is 102 Å². The highest BCUT2D eigenvalue weighted by Crippen LogP contribution is 2.61. The van der Waals surface area contributed by atoms with Crippen LogP contribution >= 0.6 is 0 Å². The van der Waals surface area contributed by atoms with Crippen LogP contribution in [0.15, 0.2) is 234 Å². The fourth-order valence-electron chi connectivity index (χ4n) is 16.5. The molecule has 0 bridgehead atoms. The molecule has 1 aromatic heterocycles. The Morgan fingerprint density at radius 1 is 0.551 bits per heavy atom. The van der Waals surface area contributed by atoms with Crippen molar-refractivity contribution in [3.05, 3.63) is 279 Å². The van der Waals surface area contributed by atoms with Gasteiger partial charge in [-0.15, -0.1) is 0 Å². The number of rotatable bonds is 6. The van der Waals surface area contributed by atoms with E-state index in [9.17, 15) is 0 Å². The summed E-state index contributed by atoms with van der Waals surface area (Å²) in [6, 6.07) is 58.9. The lowest BCUT2D eigenvalue weighted by Crippen LogP contribution is -2.32. The zero-order chi connectivity index (χ0) is 52.0. The van der Waals surface area contributed by atoms with Gasteiger partial charge in [0.2, 0.25) is 0 Å². The third-order valence-electron chi connectivity index (χ3n) is 20.5. The first kappa shape index (κ1) is 46.4. The van der Waals surface area contributed by atoms with Gasteiger partial charge in [0.15, 0.2) is 0 Å². The molecule has 380 valence electrons. The van der Waals surface area contributed by atoms with E-state index in [0.717, 1.165) is 19.3 Å². The van der Waals surface area contributed by atoms with Gasteiger partial charge in [-0.25, -0.2) is 0 Å². The van der Waals surface area contributed by atoms with E-state index in [4.69, 9.17) is 0 Å². The van der Waals surface area contributed by atoms with E-state index in [1.54, 1.807) is 27.9 Å². The van der Waals surface area contributed by atoms with Crippen LogP contribution in [0, 0.1) is 17.8 Å². The van der Waals surface area contributed by atoms with Crippen molar-refractivity contribution in [1.29, 1.82) is 0 Å². The van der Waals surface area contributed by atoms with Gasteiger partial charge in [-0.1, -0.05) is 191 Å². The minimum absolute atomic E-state index is 0.0610. The molecule has 0 saturated heterocycles. The lowest BCUT2D eigenvalue weighted by atomic mass is 9.60. The molecule has 1 heterocycles. The van der Waals surface area contributed by atoms with E-state index in [0.29, 0.717) is 23.7 Å². The van der Waals surface area contributed by atoms with Gasteiger partial charge in [-0.2, -0.15) is 0 Å². The second-order valence-electron chi connectivity index (χ2n) is 25.2. The first-order valence-electron chi connectivity index (χ1n) is 29.4. The van der Waals surface area contributed by atoms with Crippen molar-refractivity contribution in [1.82, 2.24) is 4.57 Å². The van der Waals surface area contributed by atoms with E-state index in [-0.39, 0.29) is 16.7 Å². The third kappa shape index (κ3) is 6.92. The maximum Gasteiger partial charge on any atom is 0.0541 e. The summed E-state index contributed by atoms with van der Waals surface area (Å²) >= 11 is 0. The molecule has 7 aromatic carbocycles. The normalized spacial score (nSPS) is 23.6. The summed E-state index contributed by atoms with van der Waals surface area (Å²) in [6.45, 7) is 9.86. The second kappa shape index (κ2) is 17.4. The van der Waals surface area contributed by atoms with Crippen LogP contribution in [-0.2, 0) is 17.3 Å². The first-order chi connectivity index (χ1) is 38.2. The van der Waals surface area contributed by atoms with Crippen molar-refractivity contribution >= 4 is 33.0 Å². The van der Waals surface area contributed by atoms with Gasteiger partial charge in [0.1, 0.15) is 0 Å². The van der Waals surface area contributed by atoms with Gasteiger partial charge in [0.25, 0.3) is 0 Å². The van der Waals surface area contributed by atoms with E-state index in [2.05, 4.69) is 239 Å². The largest absolute Gasteiger partial charge is 0.309 e. The van der Waals surface area contributed by atoms with Gasteiger partial charge in [-0.3, -0.25) is 0 Å². The average Bonchev–Trinajstić information content (AvgIpc) is 3.98. The number of para-hydroxylation sites is 1. The molecule has 5 unspecified atom stereocenters. The Morgan fingerprint density at radius 3 is 2.15 bits per heavy atom. The van der Waals surface area contributed by atoms with Crippen molar-refractivity contribution in [2.24, 2.45) is 17.8 Å². The standard InChI is InChI=1S/C77H67N/c1-76(2)71-28-18-17-26-58(71)66-44-60-53(43-72(66)76)42-59(48-21-11-6-12-22-48)55-33-29-49(38-62(55)60)51-31-35-74-68(40-51)69-41-52(32-36-75(69)78(74)54-23-13-7-14-24-54)50-30-34-56-61(37-47-19-9-5-10-20-47)65-46-73-67(45-64(65)63(56)39-50)57-25-15-8-16-27-70(57)77(73,3)4/h5,7,9-11,13-28,30-32,34-36,38-41,44-46,49,55,59,61,72H,6,8,12,29,33,37,42-43H2,1-4H3. The molecule has 0 fully saturated rings. The van der Waals surface area contributed by atoms with Crippen LogP contribution in [0.1, 0.15) is 129 Å². The van der Waals surface area contributed by atoms with Crippen LogP contribution in [0.4, 0.5) is 0 Å². The van der Waals surface area contributed by atoms with Crippen molar-refractivity contribution < 1.29 is 0 Å². The fourth-order valence-corrected chi connectivity index (χ4v) is 16.5. The summed E-state index contributed by atoms with van der Waals surface area (Å²) in [7, 11) is 0. The number of hydrogen-bond acceptors (Lipinski definition) is 0. The number of benzene rings is 7. The molecule has 0 aliphatic heterocycles. The number of hydrogen-bond donors (Lipinski definition) is 0. The van der Waals surface area contributed by atoms with Crippen molar-refractivity contribution in [3.63, 3.8) is 0 Å². The molecule has 8 aromatic rings. The molecule has 0 radical (unpaired) electrons. The molecule has 0 N–H and O–H groups in total. The van der Waals surface area contributed by atoms with Crippen molar-refractivity contribution in [2.75, 3.05) is 0 Å². The summed E-state index contributed by atoms with van der Waals surface area (Å²) in [4.78, 5) is 0. The van der Waals surface area contributed by atoms with Crippen LogP contribution in [0.3, 0.4) is 0 Å². The Hall–Kier alpha value is -7.74. The van der Waals surface area contributed by atoms with Crippen LogP contribution in [-0.4, -0.2) is 4.57 Å². The summed E-state index contributed by atoms with van der Waals surface area (Å²) in [5.74, 6) is 2.25. The van der Waals surface area contributed by atoms with E-state index >= 15 is 0 Å². The van der Waals surface area contributed by atoms with Gasteiger partial charge >= 0.3 is 0 Å². The van der Waals surface area contributed by atoms with Crippen molar-refractivity contribution in [3.8, 4) is 27.9 Å². The zero-order valence-corrected chi connectivity index (χ0v) is 45.6. The molecule has 0 amide bonds. The molecule has 1 heteroatoms. The number of aromatic nitrogens is 1. The van der Waals surface area contributed by atoms with Crippen LogP contribution in [0.2, 0.25) is 0 Å². The topological polar surface area (TPSA) is 4.93 Å². The maximum atomic E-state index is 2.76. The molecular weight excluding hydrogens is 939 g/mol. The number of allylic oxidation sites excluding steroid dienone is 16. The van der Waals surface area contributed by atoms with Gasteiger partial charge in [-0.05, 0) is 223 Å². The predicted molar refractivity (Wildman–Crippen MR) is 327 cm³/mol. The summed E-state index contributed by atoms with van der Waals surface area (Å²) in [6.07, 6.45) is 31.5. The monoisotopic (exact) mass is 1010 g/mol. The quantitative estimate of drug-likeness (QED) is 0.156. The highest BCUT2D eigenvalue weighted by molar-refractivity contribution is 6.11. The highest BCUT2D eigenvalue weighted by Gasteiger charge is 2.48. The Morgan fingerprint density at radius 2 is 1.31 bits per heavy atom. The number of nitrogens with zero attached hydrogens (tertiary/aromatic N) is 1. The molecule has 0 spiro atoms. The second-order valence-corrected chi connectivity index (χ2v) is 25.2. The Bertz CT molecular complexity index is 4140. The average molecular weight is 1010 g/mol. The number of fused-ring (bicyclic) bond motifs is 13. The smallest absolute Gasteiger partial charge is 0.0541 e. The Balaban J connectivity index is 0.827. The first-order valence-corrected chi connectivity index (χ1v) is 29.4. The van der Waals surface area contributed by atoms with Crippen LogP contribution in [0.5, 0.6) is 0 Å². The molecule has 8 aliphatic carbocycles. The SMILES string of the molecule is CC1(C)C2=C(C=CCC=C2)c2cc3c(cc21)C(Cc1ccccc1)c1ccc(-c2ccc4c(c2)c2cc(C5C=C6C7=C(CC(C8=CCCC=C8)C6CC5)CC5C(=C7)c6ccccc6C5(C)C)ccc2n4-c2ccccc2)cc1-3. The van der Waals surface area contributed by atoms with E-state index in [1.807, 2.05) is 0 Å². The lowest BCUT2D eigenvalue weighted by molar-refractivity contribution is 0.342. The predicted octanol–water partition coefficient (Wildman–Crippen LogP) is 19.8. The Kier molecular flexibility index (Phi) is 10.3. The summed E-state index contributed by atoms with van der Waals surface area (Å²) in [5, 5.41) is 2.65. The minimum atomic E-state index is -0.0610. The van der Waals surface area contributed by atoms with E-state index in [1.165, 1.54) is 138 Å². The highest BCUT2D eigenvalue weighted by atomic mass is 15.0. The molecule has 1 nitrogen and oxygen atoms in total.